The van der Waals surface area contributed by atoms with Gasteiger partial charge in [0.05, 0.1) is 0 Å². The maximum absolute atomic E-state index is 5.68. The molecule has 94 valence electrons. The van der Waals surface area contributed by atoms with Gasteiger partial charge in [-0.25, -0.2) is 0 Å². The molecule has 0 heterocycles. The fourth-order valence-corrected chi connectivity index (χ4v) is 2.53. The van der Waals surface area contributed by atoms with Crippen molar-refractivity contribution in [2.24, 2.45) is 5.73 Å². The summed E-state index contributed by atoms with van der Waals surface area (Å²) in [6.07, 6.45) is 0. The van der Waals surface area contributed by atoms with Gasteiger partial charge in [0.2, 0.25) is 0 Å². The Bertz CT molecular complexity index is 729. The highest BCUT2D eigenvalue weighted by atomic mass is 14.5. The largest absolute Gasteiger partial charge is 0.326 e. The van der Waals surface area contributed by atoms with E-state index in [1.165, 1.54) is 33.0 Å². The molecule has 3 aromatic rings. The van der Waals surface area contributed by atoms with E-state index >= 15 is 0 Å². The average molecular weight is 247 g/mol. The molecule has 0 amide bonds. The minimum atomic E-state index is 0.596. The van der Waals surface area contributed by atoms with Crippen molar-refractivity contribution in [3.8, 4) is 11.1 Å². The van der Waals surface area contributed by atoms with Crippen LogP contribution < -0.4 is 5.73 Å². The van der Waals surface area contributed by atoms with Gasteiger partial charge < -0.3 is 5.73 Å². The van der Waals surface area contributed by atoms with Crippen molar-refractivity contribution in [2.45, 2.75) is 13.5 Å². The fourth-order valence-electron chi connectivity index (χ4n) is 2.53. The second-order valence-corrected chi connectivity index (χ2v) is 4.92. The van der Waals surface area contributed by atoms with E-state index in [1.807, 2.05) is 0 Å². The highest BCUT2D eigenvalue weighted by molar-refractivity contribution is 5.87. The number of aryl methyl sites for hydroxylation is 1. The molecule has 0 aliphatic rings. The third kappa shape index (κ3) is 2.25. The molecule has 19 heavy (non-hydrogen) atoms. The van der Waals surface area contributed by atoms with Crippen LogP contribution in [0.15, 0.2) is 60.7 Å². The average Bonchev–Trinajstić information content (AvgIpc) is 2.46. The van der Waals surface area contributed by atoms with Crippen molar-refractivity contribution < 1.29 is 0 Å². The topological polar surface area (TPSA) is 26.0 Å². The van der Waals surface area contributed by atoms with E-state index in [2.05, 4.69) is 67.6 Å². The zero-order valence-corrected chi connectivity index (χ0v) is 11.1. The third-order valence-corrected chi connectivity index (χ3v) is 3.59. The number of rotatable bonds is 2. The van der Waals surface area contributed by atoms with Gasteiger partial charge in [-0.2, -0.15) is 0 Å². The van der Waals surface area contributed by atoms with Gasteiger partial charge >= 0.3 is 0 Å². The number of hydrogen-bond acceptors (Lipinski definition) is 1. The lowest BCUT2D eigenvalue weighted by atomic mass is 9.96. The van der Waals surface area contributed by atoms with Crippen LogP contribution in [0.3, 0.4) is 0 Å². The Morgan fingerprint density at radius 1 is 0.842 bits per heavy atom. The fraction of sp³-hybridized carbons (Fsp3) is 0.111. The van der Waals surface area contributed by atoms with Crippen LogP contribution in [-0.4, -0.2) is 0 Å². The Hall–Kier alpha value is -2.12. The molecule has 0 aromatic heterocycles. The minimum Gasteiger partial charge on any atom is -0.326 e. The van der Waals surface area contributed by atoms with Crippen molar-refractivity contribution in [3.05, 3.63) is 71.8 Å². The molecule has 0 atom stereocenters. The monoisotopic (exact) mass is 247 g/mol. The van der Waals surface area contributed by atoms with Gasteiger partial charge in [0.15, 0.2) is 0 Å². The molecule has 1 heteroatoms. The molecular weight excluding hydrogens is 230 g/mol. The molecule has 0 fully saturated rings. The number of nitrogens with two attached hydrogens (primary N) is 1. The lowest BCUT2D eigenvalue weighted by Crippen LogP contribution is -1.96. The molecule has 0 aliphatic carbocycles. The Morgan fingerprint density at radius 3 is 2.37 bits per heavy atom. The molecule has 1 nitrogen and oxygen atoms in total. The van der Waals surface area contributed by atoms with Crippen LogP contribution in [0.4, 0.5) is 0 Å². The van der Waals surface area contributed by atoms with Crippen LogP contribution >= 0.6 is 0 Å². The summed E-state index contributed by atoms with van der Waals surface area (Å²) in [5.41, 5.74) is 10.7. The van der Waals surface area contributed by atoms with Crippen molar-refractivity contribution in [1.29, 1.82) is 0 Å². The van der Waals surface area contributed by atoms with Crippen LogP contribution in [0.2, 0.25) is 0 Å². The molecule has 3 aromatic carbocycles. The highest BCUT2D eigenvalue weighted by Crippen LogP contribution is 2.27. The zero-order valence-electron chi connectivity index (χ0n) is 11.1. The van der Waals surface area contributed by atoms with Gasteiger partial charge in [-0.05, 0) is 46.0 Å². The SMILES string of the molecule is Cc1cc(CN)ccc1-c1ccc2ccccc2c1. The summed E-state index contributed by atoms with van der Waals surface area (Å²) in [7, 11) is 0. The van der Waals surface area contributed by atoms with Crippen molar-refractivity contribution in [2.75, 3.05) is 0 Å². The highest BCUT2D eigenvalue weighted by Gasteiger charge is 2.03. The summed E-state index contributed by atoms with van der Waals surface area (Å²) in [6, 6.07) is 21.5. The molecule has 0 aliphatic heterocycles. The molecule has 0 spiro atoms. The van der Waals surface area contributed by atoms with Gasteiger partial charge in [-0.15, -0.1) is 0 Å². The van der Waals surface area contributed by atoms with Gasteiger partial charge in [0.1, 0.15) is 0 Å². The maximum atomic E-state index is 5.68. The summed E-state index contributed by atoms with van der Waals surface area (Å²) in [4.78, 5) is 0. The second kappa shape index (κ2) is 4.87. The van der Waals surface area contributed by atoms with Crippen LogP contribution in [0, 0.1) is 6.92 Å². The van der Waals surface area contributed by atoms with E-state index in [1.54, 1.807) is 0 Å². The van der Waals surface area contributed by atoms with Gasteiger partial charge in [0.25, 0.3) is 0 Å². The molecule has 0 unspecified atom stereocenters. The zero-order chi connectivity index (χ0) is 13.2. The van der Waals surface area contributed by atoms with E-state index < -0.39 is 0 Å². The van der Waals surface area contributed by atoms with E-state index in [0.717, 1.165) is 0 Å². The second-order valence-electron chi connectivity index (χ2n) is 4.92. The molecule has 0 saturated carbocycles. The Kier molecular flexibility index (Phi) is 3.06. The third-order valence-electron chi connectivity index (χ3n) is 3.59. The molecule has 0 radical (unpaired) electrons. The standard InChI is InChI=1S/C18H17N/c1-13-10-14(12-19)6-9-18(13)17-8-7-15-4-2-3-5-16(15)11-17/h2-11H,12,19H2,1H3. The lowest BCUT2D eigenvalue weighted by molar-refractivity contribution is 1.07. The first-order chi connectivity index (χ1) is 9.28. The molecule has 0 saturated heterocycles. The maximum Gasteiger partial charge on any atom is 0.0178 e. The van der Waals surface area contributed by atoms with Gasteiger partial charge in [0, 0.05) is 6.54 Å². The van der Waals surface area contributed by atoms with Gasteiger partial charge in [-0.1, -0.05) is 54.6 Å². The van der Waals surface area contributed by atoms with E-state index in [4.69, 9.17) is 5.73 Å². The summed E-state index contributed by atoms with van der Waals surface area (Å²) in [5, 5.41) is 2.56. The summed E-state index contributed by atoms with van der Waals surface area (Å²) in [5.74, 6) is 0. The molecule has 2 N–H and O–H groups in total. The van der Waals surface area contributed by atoms with E-state index in [0.29, 0.717) is 6.54 Å². The van der Waals surface area contributed by atoms with E-state index in [-0.39, 0.29) is 0 Å². The number of hydrogen-bond donors (Lipinski definition) is 1. The Labute approximate surface area is 113 Å². The smallest absolute Gasteiger partial charge is 0.0178 e. The lowest BCUT2D eigenvalue weighted by Gasteiger charge is -2.09. The quantitative estimate of drug-likeness (QED) is 0.719. The van der Waals surface area contributed by atoms with Crippen LogP contribution in [0.5, 0.6) is 0 Å². The van der Waals surface area contributed by atoms with Crippen LogP contribution in [0.1, 0.15) is 11.1 Å². The Morgan fingerprint density at radius 2 is 1.63 bits per heavy atom. The number of fused-ring (bicyclic) bond motifs is 1. The van der Waals surface area contributed by atoms with Crippen LogP contribution in [-0.2, 0) is 6.54 Å². The van der Waals surface area contributed by atoms with Gasteiger partial charge in [-0.3, -0.25) is 0 Å². The first-order valence-electron chi connectivity index (χ1n) is 6.57. The predicted octanol–water partition coefficient (Wildman–Crippen LogP) is 4.27. The molecular formula is C18H17N. The first kappa shape index (κ1) is 11.9. The minimum absolute atomic E-state index is 0.596. The molecule has 0 bridgehead atoms. The summed E-state index contributed by atoms with van der Waals surface area (Å²) in [6.45, 7) is 2.74. The normalized spacial score (nSPS) is 10.8. The van der Waals surface area contributed by atoms with Crippen molar-refractivity contribution in [3.63, 3.8) is 0 Å². The van der Waals surface area contributed by atoms with Crippen LogP contribution in [0.25, 0.3) is 21.9 Å². The van der Waals surface area contributed by atoms with Crippen molar-refractivity contribution >= 4 is 10.8 Å². The summed E-state index contributed by atoms with van der Waals surface area (Å²) < 4.78 is 0. The Balaban J connectivity index is 2.13. The summed E-state index contributed by atoms with van der Waals surface area (Å²) >= 11 is 0. The predicted molar refractivity (Wildman–Crippen MR) is 82.0 cm³/mol. The first-order valence-corrected chi connectivity index (χ1v) is 6.57. The van der Waals surface area contributed by atoms with E-state index in [9.17, 15) is 0 Å². The number of benzene rings is 3. The molecule has 3 rings (SSSR count). The van der Waals surface area contributed by atoms with Crippen molar-refractivity contribution in [1.82, 2.24) is 0 Å².